The minimum Gasteiger partial charge on any atom is -0.368 e. The van der Waals surface area contributed by atoms with E-state index in [1.54, 1.807) is 7.11 Å². The third-order valence-electron chi connectivity index (χ3n) is 5.73. The van der Waals surface area contributed by atoms with Crippen LogP contribution in [0.1, 0.15) is 38.5 Å². The van der Waals surface area contributed by atoms with Crippen LogP contribution >= 0.6 is 0 Å². The topological polar surface area (TPSA) is 44.8 Å². The zero-order valence-electron chi connectivity index (χ0n) is 14.0. The molecule has 3 saturated heterocycles. The number of carbonyl (C=O) groups excluding carboxylic acids is 1. The molecule has 0 radical (unpaired) electrons. The van der Waals surface area contributed by atoms with Gasteiger partial charge in [0.25, 0.3) is 5.91 Å². The van der Waals surface area contributed by atoms with E-state index >= 15 is 0 Å². The number of ether oxygens (including phenoxy) is 1. The summed E-state index contributed by atoms with van der Waals surface area (Å²) >= 11 is 0. The summed E-state index contributed by atoms with van der Waals surface area (Å²) in [4.78, 5) is 17.6. The molecule has 0 aromatic heterocycles. The normalized spacial score (nSPS) is 29.7. The number of amides is 1. The van der Waals surface area contributed by atoms with Crippen molar-refractivity contribution in [1.29, 1.82) is 0 Å². The standard InChI is InChI=1S/C17H31N3O2/c1-22-17(6-8-18-9-7-17)16(21)20-12-5-15(14-20)13-19-10-3-2-4-11-19/h15,18H,2-14H2,1H3. The van der Waals surface area contributed by atoms with Gasteiger partial charge in [0.15, 0.2) is 0 Å². The predicted octanol–water partition coefficient (Wildman–Crippen LogP) is 1.09. The molecule has 0 saturated carbocycles. The van der Waals surface area contributed by atoms with Crippen LogP contribution in [-0.2, 0) is 9.53 Å². The number of hydrogen-bond donors (Lipinski definition) is 1. The molecule has 3 fully saturated rings. The number of nitrogens with one attached hydrogen (secondary N) is 1. The molecule has 3 rings (SSSR count). The molecular formula is C17H31N3O2. The largest absolute Gasteiger partial charge is 0.368 e. The Balaban J connectivity index is 1.53. The van der Waals surface area contributed by atoms with E-state index in [0.717, 1.165) is 45.4 Å². The third-order valence-corrected chi connectivity index (χ3v) is 5.73. The molecule has 126 valence electrons. The number of piperidine rings is 2. The summed E-state index contributed by atoms with van der Waals surface area (Å²) in [6.07, 6.45) is 6.83. The van der Waals surface area contributed by atoms with E-state index in [1.165, 1.54) is 38.9 Å². The van der Waals surface area contributed by atoms with E-state index in [1.807, 2.05) is 0 Å². The quantitative estimate of drug-likeness (QED) is 0.844. The monoisotopic (exact) mass is 309 g/mol. The summed E-state index contributed by atoms with van der Waals surface area (Å²) in [5, 5.41) is 3.32. The highest BCUT2D eigenvalue weighted by Crippen LogP contribution is 2.29. The van der Waals surface area contributed by atoms with E-state index in [0.29, 0.717) is 5.92 Å². The summed E-state index contributed by atoms with van der Waals surface area (Å²) in [7, 11) is 1.70. The minimum absolute atomic E-state index is 0.234. The fourth-order valence-corrected chi connectivity index (χ4v) is 4.30. The number of carbonyl (C=O) groups is 1. The summed E-state index contributed by atoms with van der Waals surface area (Å²) in [6, 6.07) is 0. The van der Waals surface area contributed by atoms with Crippen molar-refractivity contribution in [3.63, 3.8) is 0 Å². The molecule has 22 heavy (non-hydrogen) atoms. The first kappa shape index (κ1) is 16.2. The number of rotatable bonds is 4. The van der Waals surface area contributed by atoms with Crippen LogP contribution in [0.15, 0.2) is 0 Å². The molecule has 0 aliphatic carbocycles. The molecule has 5 nitrogen and oxygen atoms in total. The molecule has 1 N–H and O–H groups in total. The maximum atomic E-state index is 13.0. The SMILES string of the molecule is COC1(C(=O)N2CCC(CN3CCCCC3)C2)CCNCC1. The van der Waals surface area contributed by atoms with Gasteiger partial charge in [-0.3, -0.25) is 4.79 Å². The molecule has 0 spiro atoms. The van der Waals surface area contributed by atoms with Gasteiger partial charge in [-0.1, -0.05) is 6.42 Å². The van der Waals surface area contributed by atoms with Crippen LogP contribution in [0.25, 0.3) is 0 Å². The van der Waals surface area contributed by atoms with Crippen molar-refractivity contribution in [1.82, 2.24) is 15.1 Å². The Morgan fingerprint density at radius 2 is 1.91 bits per heavy atom. The van der Waals surface area contributed by atoms with Gasteiger partial charge in [-0.2, -0.15) is 0 Å². The summed E-state index contributed by atoms with van der Waals surface area (Å²) < 4.78 is 5.70. The number of likely N-dealkylation sites (tertiary alicyclic amines) is 2. The Morgan fingerprint density at radius 1 is 1.18 bits per heavy atom. The van der Waals surface area contributed by atoms with Crippen LogP contribution in [0.2, 0.25) is 0 Å². The number of nitrogens with zero attached hydrogens (tertiary/aromatic N) is 2. The highest BCUT2D eigenvalue weighted by molar-refractivity contribution is 5.85. The van der Waals surface area contributed by atoms with E-state index in [-0.39, 0.29) is 5.91 Å². The van der Waals surface area contributed by atoms with Gasteiger partial charge in [0, 0.05) is 26.7 Å². The van der Waals surface area contributed by atoms with Gasteiger partial charge in [0.1, 0.15) is 5.60 Å². The number of hydrogen-bond acceptors (Lipinski definition) is 4. The molecule has 0 aromatic rings. The zero-order valence-corrected chi connectivity index (χ0v) is 14.0. The van der Waals surface area contributed by atoms with Crippen LogP contribution < -0.4 is 5.32 Å². The molecule has 3 heterocycles. The van der Waals surface area contributed by atoms with Crippen LogP contribution in [0.3, 0.4) is 0 Å². The van der Waals surface area contributed by atoms with Gasteiger partial charge in [-0.05, 0) is 64.2 Å². The Kier molecular flexibility index (Phi) is 5.37. The Morgan fingerprint density at radius 3 is 2.59 bits per heavy atom. The molecule has 3 aliphatic rings. The van der Waals surface area contributed by atoms with Crippen LogP contribution in [0, 0.1) is 5.92 Å². The van der Waals surface area contributed by atoms with E-state index in [4.69, 9.17) is 4.74 Å². The summed E-state index contributed by atoms with van der Waals surface area (Å²) in [5.74, 6) is 0.885. The molecule has 1 amide bonds. The minimum atomic E-state index is -0.564. The second-order valence-corrected chi connectivity index (χ2v) is 7.22. The van der Waals surface area contributed by atoms with Gasteiger partial charge >= 0.3 is 0 Å². The highest BCUT2D eigenvalue weighted by Gasteiger charge is 2.44. The molecule has 1 unspecified atom stereocenters. The molecular weight excluding hydrogens is 278 g/mol. The lowest BCUT2D eigenvalue weighted by molar-refractivity contribution is -0.157. The summed E-state index contributed by atoms with van der Waals surface area (Å²) in [6.45, 7) is 7.26. The van der Waals surface area contributed by atoms with Gasteiger partial charge in [-0.25, -0.2) is 0 Å². The molecule has 0 bridgehead atoms. The second-order valence-electron chi connectivity index (χ2n) is 7.22. The van der Waals surface area contributed by atoms with Gasteiger partial charge in [0.2, 0.25) is 0 Å². The molecule has 0 aromatic carbocycles. The van der Waals surface area contributed by atoms with Crippen molar-refractivity contribution in [2.45, 2.75) is 44.1 Å². The smallest absolute Gasteiger partial charge is 0.254 e. The maximum Gasteiger partial charge on any atom is 0.254 e. The van der Waals surface area contributed by atoms with Crippen molar-refractivity contribution < 1.29 is 9.53 Å². The summed E-state index contributed by atoms with van der Waals surface area (Å²) in [5.41, 5.74) is -0.564. The Hall–Kier alpha value is -0.650. The van der Waals surface area contributed by atoms with Crippen LogP contribution in [0.5, 0.6) is 0 Å². The lowest BCUT2D eigenvalue weighted by atomic mass is 9.90. The van der Waals surface area contributed by atoms with Crippen molar-refractivity contribution in [2.24, 2.45) is 5.92 Å². The average molecular weight is 309 g/mol. The predicted molar refractivity (Wildman–Crippen MR) is 86.8 cm³/mol. The van der Waals surface area contributed by atoms with Crippen molar-refractivity contribution in [3.8, 4) is 0 Å². The fourth-order valence-electron chi connectivity index (χ4n) is 4.30. The highest BCUT2D eigenvalue weighted by atomic mass is 16.5. The maximum absolute atomic E-state index is 13.0. The first-order chi connectivity index (χ1) is 10.7. The fraction of sp³-hybridized carbons (Fsp3) is 0.941. The van der Waals surface area contributed by atoms with Gasteiger partial charge in [-0.15, -0.1) is 0 Å². The zero-order chi connectivity index (χ0) is 15.4. The van der Waals surface area contributed by atoms with Gasteiger partial charge in [0.05, 0.1) is 0 Å². The first-order valence-corrected chi connectivity index (χ1v) is 9.01. The van der Waals surface area contributed by atoms with Crippen molar-refractivity contribution in [3.05, 3.63) is 0 Å². The second kappa shape index (κ2) is 7.28. The van der Waals surface area contributed by atoms with Crippen LogP contribution in [-0.4, -0.2) is 74.2 Å². The average Bonchev–Trinajstić information content (AvgIpc) is 3.04. The number of methoxy groups -OCH3 is 1. The Bertz CT molecular complexity index is 376. The first-order valence-electron chi connectivity index (χ1n) is 9.01. The third kappa shape index (κ3) is 3.47. The van der Waals surface area contributed by atoms with Crippen molar-refractivity contribution in [2.75, 3.05) is 52.9 Å². The molecule has 5 heteroatoms. The van der Waals surface area contributed by atoms with Gasteiger partial charge < -0.3 is 19.9 Å². The molecule has 3 aliphatic heterocycles. The van der Waals surface area contributed by atoms with Crippen molar-refractivity contribution >= 4 is 5.91 Å². The lowest BCUT2D eigenvalue weighted by Gasteiger charge is -2.37. The van der Waals surface area contributed by atoms with Crippen LogP contribution in [0.4, 0.5) is 0 Å². The van der Waals surface area contributed by atoms with E-state index < -0.39 is 5.60 Å². The Labute approximate surface area is 134 Å². The van der Waals surface area contributed by atoms with E-state index in [9.17, 15) is 4.79 Å². The lowest BCUT2D eigenvalue weighted by Crippen LogP contribution is -2.55. The molecule has 1 atom stereocenters. The van der Waals surface area contributed by atoms with E-state index in [2.05, 4.69) is 15.1 Å².